The summed E-state index contributed by atoms with van der Waals surface area (Å²) in [5, 5.41) is 6.23. The van der Waals surface area contributed by atoms with E-state index in [-0.39, 0.29) is 25.0 Å². The van der Waals surface area contributed by atoms with Crippen LogP contribution in [0, 0.1) is 5.92 Å². The summed E-state index contributed by atoms with van der Waals surface area (Å²) in [5.41, 5.74) is 3.47. The van der Waals surface area contributed by atoms with E-state index in [1.54, 1.807) is 20.8 Å². The van der Waals surface area contributed by atoms with Crippen molar-refractivity contribution < 1.29 is 18.0 Å². The second-order valence-corrected chi connectivity index (χ2v) is 6.70. The van der Waals surface area contributed by atoms with Gasteiger partial charge < -0.3 is 11.1 Å². The summed E-state index contributed by atoms with van der Waals surface area (Å²) in [7, 11) is 0. The summed E-state index contributed by atoms with van der Waals surface area (Å²) in [4.78, 5) is 12.1. The predicted octanol–water partition coefficient (Wildman–Crippen LogP) is 2.55. The van der Waals surface area contributed by atoms with Crippen LogP contribution in [0.25, 0.3) is 0 Å². The molecule has 1 atom stereocenters. The van der Waals surface area contributed by atoms with Crippen molar-refractivity contribution >= 4 is 18.3 Å². The number of rotatable bonds is 4. The molecule has 9 heteroatoms. The average Bonchev–Trinajstić information content (AvgIpc) is 3.10. The van der Waals surface area contributed by atoms with Gasteiger partial charge in [-0.05, 0) is 39.5 Å². The fourth-order valence-corrected chi connectivity index (χ4v) is 2.29. The molecule has 0 bridgehead atoms. The summed E-state index contributed by atoms with van der Waals surface area (Å²) in [6.07, 6.45) is -1.68. The van der Waals surface area contributed by atoms with Crippen LogP contribution in [0.5, 0.6) is 0 Å². The summed E-state index contributed by atoms with van der Waals surface area (Å²) in [6.45, 7) is 4.96. The number of hydrogen-bond acceptors (Lipinski definition) is 3. The van der Waals surface area contributed by atoms with Gasteiger partial charge in [-0.15, -0.1) is 12.4 Å². The van der Waals surface area contributed by atoms with Gasteiger partial charge in [-0.2, -0.15) is 18.3 Å². The van der Waals surface area contributed by atoms with Crippen molar-refractivity contribution in [3.05, 3.63) is 17.5 Å². The minimum Gasteiger partial charge on any atom is -0.350 e. The van der Waals surface area contributed by atoms with Crippen LogP contribution >= 0.6 is 12.4 Å². The quantitative estimate of drug-likeness (QED) is 0.872. The molecule has 1 amide bonds. The van der Waals surface area contributed by atoms with Gasteiger partial charge in [0.25, 0.3) is 5.91 Å². The van der Waals surface area contributed by atoms with Crippen molar-refractivity contribution in [3.8, 4) is 0 Å². The van der Waals surface area contributed by atoms with Crippen molar-refractivity contribution in [2.24, 2.45) is 11.7 Å². The van der Waals surface area contributed by atoms with Crippen LogP contribution in [0.4, 0.5) is 13.2 Å². The summed E-state index contributed by atoms with van der Waals surface area (Å²) in [5.74, 6) is -0.432. The lowest BCUT2D eigenvalue weighted by Crippen LogP contribution is -2.39. The SMILES string of the molecule is CC(C)(C)n1ncc(C(=O)NCC(N)C2CC2)c1C(F)(F)F.Cl. The first-order valence-electron chi connectivity index (χ1n) is 7.21. The zero-order valence-corrected chi connectivity index (χ0v) is 14.1. The van der Waals surface area contributed by atoms with Gasteiger partial charge in [-0.3, -0.25) is 9.48 Å². The number of halogens is 4. The molecule has 1 saturated carbocycles. The number of alkyl halides is 3. The molecule has 1 fully saturated rings. The molecule has 132 valence electrons. The van der Waals surface area contributed by atoms with Crippen LogP contribution in [0.1, 0.15) is 49.7 Å². The van der Waals surface area contributed by atoms with Crippen molar-refractivity contribution in [2.75, 3.05) is 6.54 Å². The van der Waals surface area contributed by atoms with E-state index in [1.165, 1.54) is 0 Å². The standard InChI is InChI=1S/C14H21F3N4O.ClH/c1-13(2,3)21-11(14(15,16)17)9(6-20-21)12(22)19-7-10(18)8-4-5-8;/h6,8,10H,4-5,7,18H2,1-3H3,(H,19,22);1H. The van der Waals surface area contributed by atoms with E-state index in [9.17, 15) is 18.0 Å². The third-order valence-electron chi connectivity index (χ3n) is 3.64. The third-order valence-corrected chi connectivity index (χ3v) is 3.64. The van der Waals surface area contributed by atoms with E-state index in [0.29, 0.717) is 5.92 Å². The maximum atomic E-state index is 13.3. The van der Waals surface area contributed by atoms with Gasteiger partial charge in [-0.1, -0.05) is 0 Å². The maximum absolute atomic E-state index is 13.3. The molecule has 3 N–H and O–H groups in total. The highest BCUT2D eigenvalue weighted by molar-refractivity contribution is 5.95. The van der Waals surface area contributed by atoms with E-state index in [1.807, 2.05) is 0 Å². The number of carbonyl (C=O) groups excluding carboxylic acids is 1. The van der Waals surface area contributed by atoms with Crippen molar-refractivity contribution in [1.82, 2.24) is 15.1 Å². The Hall–Kier alpha value is -1.28. The van der Waals surface area contributed by atoms with Crippen LogP contribution in [-0.4, -0.2) is 28.3 Å². The molecule has 1 aliphatic rings. The van der Waals surface area contributed by atoms with Gasteiger partial charge in [0.15, 0.2) is 5.69 Å². The number of hydrogen-bond donors (Lipinski definition) is 2. The van der Waals surface area contributed by atoms with Crippen LogP contribution in [0.2, 0.25) is 0 Å². The summed E-state index contributed by atoms with van der Waals surface area (Å²) in [6, 6.07) is -0.212. The van der Waals surface area contributed by atoms with Gasteiger partial charge in [0.1, 0.15) is 0 Å². The van der Waals surface area contributed by atoms with Crippen molar-refractivity contribution in [1.29, 1.82) is 0 Å². The smallest absolute Gasteiger partial charge is 0.350 e. The number of nitrogens with zero attached hydrogens (tertiary/aromatic N) is 2. The zero-order valence-electron chi connectivity index (χ0n) is 13.3. The maximum Gasteiger partial charge on any atom is 0.433 e. The molecule has 1 heterocycles. The summed E-state index contributed by atoms with van der Waals surface area (Å²) >= 11 is 0. The summed E-state index contributed by atoms with van der Waals surface area (Å²) < 4.78 is 40.7. The Morgan fingerprint density at radius 1 is 1.43 bits per heavy atom. The third kappa shape index (κ3) is 4.60. The van der Waals surface area contributed by atoms with Crippen molar-refractivity contribution in [2.45, 2.75) is 51.4 Å². The molecule has 0 aliphatic heterocycles. The lowest BCUT2D eigenvalue weighted by atomic mass is 10.1. The molecule has 1 aromatic rings. The molecule has 1 unspecified atom stereocenters. The second-order valence-electron chi connectivity index (χ2n) is 6.70. The molecule has 0 aromatic carbocycles. The highest BCUT2D eigenvalue weighted by Gasteiger charge is 2.42. The zero-order chi connectivity index (χ0) is 16.7. The van der Waals surface area contributed by atoms with Gasteiger partial charge >= 0.3 is 6.18 Å². The predicted molar refractivity (Wildman–Crippen MR) is 82.5 cm³/mol. The van der Waals surface area contributed by atoms with Crippen LogP contribution in [0.15, 0.2) is 6.20 Å². The minimum atomic E-state index is -4.66. The lowest BCUT2D eigenvalue weighted by molar-refractivity contribution is -0.146. The fraction of sp³-hybridized carbons (Fsp3) is 0.714. The largest absolute Gasteiger partial charge is 0.433 e. The molecule has 1 aromatic heterocycles. The first-order chi connectivity index (χ1) is 10.0. The van der Waals surface area contributed by atoms with E-state index in [0.717, 1.165) is 23.7 Å². The fourth-order valence-electron chi connectivity index (χ4n) is 2.29. The van der Waals surface area contributed by atoms with E-state index < -0.39 is 28.9 Å². The molecule has 2 rings (SSSR count). The second kappa shape index (κ2) is 6.68. The van der Waals surface area contributed by atoms with Crippen LogP contribution in [-0.2, 0) is 11.7 Å². The normalized spacial score (nSPS) is 16.7. The molecular formula is C14H22ClF3N4O. The first kappa shape index (κ1) is 19.8. The van der Waals surface area contributed by atoms with Gasteiger partial charge in [0, 0.05) is 12.6 Å². The Morgan fingerprint density at radius 2 is 2.00 bits per heavy atom. The molecular weight excluding hydrogens is 333 g/mol. The lowest BCUT2D eigenvalue weighted by Gasteiger charge is -2.24. The Balaban J connectivity index is 0.00000264. The Morgan fingerprint density at radius 3 is 2.43 bits per heavy atom. The number of nitrogens with two attached hydrogens (primary N) is 1. The molecule has 0 radical (unpaired) electrons. The molecule has 1 aliphatic carbocycles. The molecule has 23 heavy (non-hydrogen) atoms. The van der Waals surface area contributed by atoms with Gasteiger partial charge in [0.05, 0.1) is 17.3 Å². The number of carbonyl (C=O) groups is 1. The van der Waals surface area contributed by atoms with E-state index >= 15 is 0 Å². The van der Waals surface area contributed by atoms with Crippen molar-refractivity contribution in [3.63, 3.8) is 0 Å². The van der Waals surface area contributed by atoms with Crippen LogP contribution in [0.3, 0.4) is 0 Å². The van der Waals surface area contributed by atoms with Gasteiger partial charge in [0.2, 0.25) is 0 Å². The van der Waals surface area contributed by atoms with Crippen LogP contribution < -0.4 is 11.1 Å². The first-order valence-corrected chi connectivity index (χ1v) is 7.21. The monoisotopic (exact) mass is 354 g/mol. The van der Waals surface area contributed by atoms with E-state index in [4.69, 9.17) is 5.73 Å². The number of aromatic nitrogens is 2. The topological polar surface area (TPSA) is 72.9 Å². The minimum absolute atomic E-state index is 0. The highest BCUT2D eigenvalue weighted by Crippen LogP contribution is 2.35. The Labute approximate surface area is 139 Å². The van der Waals surface area contributed by atoms with E-state index in [2.05, 4.69) is 10.4 Å². The Bertz CT molecular complexity index is 561. The Kier molecular flexibility index (Phi) is 5.74. The molecule has 0 saturated heterocycles. The number of nitrogens with one attached hydrogen (secondary N) is 1. The highest BCUT2D eigenvalue weighted by atomic mass is 35.5. The average molecular weight is 355 g/mol. The molecule has 5 nitrogen and oxygen atoms in total. The molecule has 0 spiro atoms. The number of amides is 1. The van der Waals surface area contributed by atoms with Gasteiger partial charge in [-0.25, -0.2) is 0 Å².